The fourth-order valence-corrected chi connectivity index (χ4v) is 1.81. The van der Waals surface area contributed by atoms with Crippen molar-refractivity contribution >= 4 is 5.97 Å². The van der Waals surface area contributed by atoms with E-state index in [1.165, 1.54) is 25.7 Å². The highest BCUT2D eigenvalue weighted by Gasteiger charge is 2.21. The number of carboxylic acids is 1. The molecule has 2 fully saturated rings. The van der Waals surface area contributed by atoms with Gasteiger partial charge in [0.1, 0.15) is 0 Å². The quantitative estimate of drug-likeness (QED) is 0.808. The third-order valence-corrected chi connectivity index (χ3v) is 2.58. The van der Waals surface area contributed by atoms with Crippen LogP contribution >= 0.6 is 0 Å². The van der Waals surface area contributed by atoms with Crippen molar-refractivity contribution in [1.82, 2.24) is 0 Å². The largest absolute Gasteiger partial charge is 0.481 e. The fourth-order valence-electron chi connectivity index (χ4n) is 1.81. The Balaban J connectivity index is 0.000000317. The van der Waals surface area contributed by atoms with Crippen molar-refractivity contribution in [2.24, 2.45) is 0 Å². The molecule has 2 rings (SSSR count). The summed E-state index contributed by atoms with van der Waals surface area (Å²) < 4.78 is 16.6. The second-order valence-corrected chi connectivity index (χ2v) is 4.25. The van der Waals surface area contributed by atoms with Gasteiger partial charge in [-0.2, -0.15) is 0 Å². The topological polar surface area (TPSA) is 65.0 Å². The van der Waals surface area contributed by atoms with E-state index in [-0.39, 0.29) is 12.6 Å². The molecule has 2 aliphatic heterocycles. The monoisotopic (exact) mass is 246 g/mol. The van der Waals surface area contributed by atoms with Gasteiger partial charge in [0.05, 0.1) is 0 Å². The summed E-state index contributed by atoms with van der Waals surface area (Å²) >= 11 is 0. The molecule has 2 heterocycles. The van der Waals surface area contributed by atoms with Crippen LogP contribution in [0.25, 0.3) is 0 Å². The minimum Gasteiger partial charge on any atom is -0.481 e. The van der Waals surface area contributed by atoms with Crippen LogP contribution in [-0.4, -0.2) is 36.9 Å². The molecule has 5 nitrogen and oxygen atoms in total. The average Bonchev–Trinajstić information content (AvgIpc) is 2.31. The number of carbonyl (C=O) groups is 1. The van der Waals surface area contributed by atoms with Crippen LogP contribution in [0.1, 0.15) is 45.4 Å². The Kier molecular flexibility index (Phi) is 7.16. The van der Waals surface area contributed by atoms with Gasteiger partial charge in [0.15, 0.2) is 12.6 Å². The zero-order valence-corrected chi connectivity index (χ0v) is 10.4. The Morgan fingerprint density at radius 2 is 1.47 bits per heavy atom. The Morgan fingerprint density at radius 1 is 1.06 bits per heavy atom. The van der Waals surface area contributed by atoms with Crippen molar-refractivity contribution < 1.29 is 24.1 Å². The fraction of sp³-hybridized carbons (Fsp3) is 0.917. The molecular formula is C12H22O5. The van der Waals surface area contributed by atoms with Crippen molar-refractivity contribution in [3.05, 3.63) is 0 Å². The smallest absolute Gasteiger partial charge is 0.300 e. The molecule has 2 saturated heterocycles. The molecule has 0 amide bonds. The number of hydrogen-bond acceptors (Lipinski definition) is 4. The number of carboxylic acid groups (broad SMARTS) is 1. The molecule has 0 aromatic heterocycles. The van der Waals surface area contributed by atoms with E-state index in [1.807, 2.05) is 0 Å². The Bertz CT molecular complexity index is 187. The lowest BCUT2D eigenvalue weighted by Crippen LogP contribution is -2.31. The van der Waals surface area contributed by atoms with Crippen LogP contribution < -0.4 is 0 Å². The van der Waals surface area contributed by atoms with Crippen LogP contribution in [0.4, 0.5) is 0 Å². The van der Waals surface area contributed by atoms with Gasteiger partial charge < -0.3 is 19.3 Å². The Hall–Kier alpha value is -0.650. The first-order valence-electron chi connectivity index (χ1n) is 6.26. The van der Waals surface area contributed by atoms with E-state index in [4.69, 9.17) is 24.1 Å². The molecule has 100 valence electrons. The van der Waals surface area contributed by atoms with Gasteiger partial charge in [-0.1, -0.05) is 0 Å². The molecule has 0 radical (unpaired) electrons. The predicted molar refractivity (Wildman–Crippen MR) is 61.6 cm³/mol. The highest BCUT2D eigenvalue weighted by Crippen LogP contribution is 2.20. The maximum atomic E-state index is 9.00. The summed E-state index contributed by atoms with van der Waals surface area (Å²) in [4.78, 5) is 9.00. The summed E-state index contributed by atoms with van der Waals surface area (Å²) in [6, 6.07) is 0. The van der Waals surface area contributed by atoms with Gasteiger partial charge in [0.2, 0.25) is 0 Å². The summed E-state index contributed by atoms with van der Waals surface area (Å²) in [5.74, 6) is -0.833. The first-order chi connectivity index (χ1) is 8.18. The lowest BCUT2D eigenvalue weighted by Gasteiger charge is -2.29. The average molecular weight is 246 g/mol. The second-order valence-electron chi connectivity index (χ2n) is 4.25. The molecule has 17 heavy (non-hydrogen) atoms. The van der Waals surface area contributed by atoms with Crippen LogP contribution in [0, 0.1) is 0 Å². The van der Waals surface area contributed by atoms with Crippen LogP contribution in [-0.2, 0) is 19.0 Å². The van der Waals surface area contributed by atoms with Crippen molar-refractivity contribution in [1.29, 1.82) is 0 Å². The molecule has 5 heteroatoms. The van der Waals surface area contributed by atoms with E-state index in [0.717, 1.165) is 33.0 Å². The summed E-state index contributed by atoms with van der Waals surface area (Å²) in [5, 5.41) is 7.42. The lowest BCUT2D eigenvalue weighted by molar-refractivity contribution is -0.264. The molecule has 1 N–H and O–H groups in total. The molecular weight excluding hydrogens is 224 g/mol. The van der Waals surface area contributed by atoms with E-state index in [1.54, 1.807) is 0 Å². The second kappa shape index (κ2) is 8.44. The Labute approximate surface area is 102 Å². The maximum absolute atomic E-state index is 9.00. The minimum absolute atomic E-state index is 0.00292. The molecule has 2 aliphatic rings. The Morgan fingerprint density at radius 3 is 1.76 bits per heavy atom. The van der Waals surface area contributed by atoms with Gasteiger partial charge in [0, 0.05) is 20.1 Å². The predicted octanol–water partition coefficient (Wildman–Crippen LogP) is 2.15. The van der Waals surface area contributed by atoms with Gasteiger partial charge >= 0.3 is 0 Å². The zero-order chi connectivity index (χ0) is 12.5. The molecule has 0 aromatic rings. The van der Waals surface area contributed by atoms with E-state index in [0.29, 0.717) is 0 Å². The molecule has 0 spiro atoms. The van der Waals surface area contributed by atoms with Gasteiger partial charge in [-0.15, -0.1) is 0 Å². The molecule has 0 aliphatic carbocycles. The first kappa shape index (κ1) is 14.4. The maximum Gasteiger partial charge on any atom is 0.300 e. The van der Waals surface area contributed by atoms with Crippen LogP contribution in [0.5, 0.6) is 0 Å². The molecule has 0 aromatic carbocycles. The summed E-state index contributed by atoms with van der Waals surface area (Å²) in [6.07, 6.45) is 6.83. The number of rotatable bonds is 2. The van der Waals surface area contributed by atoms with Gasteiger partial charge in [-0.25, -0.2) is 0 Å². The van der Waals surface area contributed by atoms with Crippen molar-refractivity contribution in [3.63, 3.8) is 0 Å². The van der Waals surface area contributed by atoms with Gasteiger partial charge in [-0.3, -0.25) is 4.79 Å². The van der Waals surface area contributed by atoms with Crippen molar-refractivity contribution in [2.75, 3.05) is 13.2 Å². The van der Waals surface area contributed by atoms with Crippen molar-refractivity contribution in [3.8, 4) is 0 Å². The molecule has 0 saturated carbocycles. The molecule has 2 atom stereocenters. The minimum atomic E-state index is -0.833. The van der Waals surface area contributed by atoms with E-state index >= 15 is 0 Å². The van der Waals surface area contributed by atoms with Crippen LogP contribution in [0.2, 0.25) is 0 Å². The first-order valence-corrected chi connectivity index (χ1v) is 6.26. The van der Waals surface area contributed by atoms with Gasteiger partial charge in [0.25, 0.3) is 5.97 Å². The standard InChI is InChI=1S/C10H18O3.C2H4O2/c1-3-7-11-9(5-1)13-10-6-2-4-8-12-10;1-2(3)4/h9-10H,1-8H2;1H3,(H,3,4). The van der Waals surface area contributed by atoms with Crippen LogP contribution in [0.3, 0.4) is 0 Å². The highest BCUT2D eigenvalue weighted by molar-refractivity contribution is 5.62. The lowest BCUT2D eigenvalue weighted by atomic mass is 10.2. The normalized spacial score (nSPS) is 29.0. The third kappa shape index (κ3) is 7.31. The zero-order valence-electron chi connectivity index (χ0n) is 10.4. The van der Waals surface area contributed by atoms with E-state index < -0.39 is 5.97 Å². The van der Waals surface area contributed by atoms with Crippen LogP contribution in [0.15, 0.2) is 0 Å². The van der Waals surface area contributed by atoms with E-state index in [2.05, 4.69) is 0 Å². The molecule has 2 unspecified atom stereocenters. The van der Waals surface area contributed by atoms with Gasteiger partial charge in [-0.05, 0) is 38.5 Å². The molecule has 0 bridgehead atoms. The summed E-state index contributed by atoms with van der Waals surface area (Å²) in [5.41, 5.74) is 0. The summed E-state index contributed by atoms with van der Waals surface area (Å²) in [7, 11) is 0. The number of hydrogen-bond donors (Lipinski definition) is 1. The summed E-state index contributed by atoms with van der Waals surface area (Å²) in [6.45, 7) is 2.77. The third-order valence-electron chi connectivity index (χ3n) is 2.58. The highest BCUT2D eigenvalue weighted by atomic mass is 16.8. The van der Waals surface area contributed by atoms with Crippen molar-refractivity contribution in [2.45, 2.75) is 58.0 Å². The number of aliphatic carboxylic acids is 1. The SMILES string of the molecule is C1CCC(OC2CCCCO2)OC1.CC(=O)O. The number of ether oxygens (including phenoxy) is 3. The van der Waals surface area contributed by atoms with E-state index in [9.17, 15) is 0 Å².